The van der Waals surface area contributed by atoms with Gasteiger partial charge in [-0.1, -0.05) is 24.8 Å². The maximum Gasteiger partial charge on any atom is 0.320 e. The Hall–Kier alpha value is -2.70. The van der Waals surface area contributed by atoms with Crippen LogP contribution in [0.15, 0.2) is 54.0 Å². The normalized spacial score (nSPS) is 25.0. The second-order valence-electron chi connectivity index (χ2n) is 6.24. The number of likely N-dealkylation sites (N-methyl/N-ethyl adjacent to an activating group) is 1. The van der Waals surface area contributed by atoms with Gasteiger partial charge in [-0.25, -0.2) is 4.79 Å². The summed E-state index contributed by atoms with van der Waals surface area (Å²) in [5.74, 6) is 1.12. The minimum atomic E-state index is -0.323. The van der Waals surface area contributed by atoms with Crippen LogP contribution in [0, 0.1) is 5.92 Å². The monoisotopic (exact) mass is 345 g/mol. The molecule has 136 valence electrons. The van der Waals surface area contributed by atoms with E-state index in [2.05, 4.69) is 28.9 Å². The van der Waals surface area contributed by atoms with E-state index in [-0.39, 0.29) is 24.0 Å². The first kappa shape index (κ1) is 18.6. The van der Waals surface area contributed by atoms with Gasteiger partial charge >= 0.3 is 6.03 Å². The van der Waals surface area contributed by atoms with E-state index in [1.165, 1.54) is 0 Å². The van der Waals surface area contributed by atoms with Crippen molar-refractivity contribution in [2.45, 2.75) is 18.5 Å². The number of methoxy groups -OCH3 is 1. The Morgan fingerprint density at radius 3 is 2.84 bits per heavy atom. The lowest BCUT2D eigenvalue weighted by Gasteiger charge is -2.28. The highest BCUT2D eigenvalue weighted by Gasteiger charge is 2.37. The van der Waals surface area contributed by atoms with Gasteiger partial charge in [0.1, 0.15) is 11.6 Å². The number of carbonyl (C=O) groups excluding carboxylic acids is 1. The Labute approximate surface area is 149 Å². The number of nitrogens with one attached hydrogen (secondary N) is 2. The SMILES string of the molecule is C=CC1C(C(=C)N(C)C)C(NC(=O)NC2CC=CC=C2OC)=NN1C. The number of nitrogens with zero attached hydrogens (tertiary/aromatic N) is 3. The molecule has 0 aromatic heterocycles. The number of urea groups is 1. The number of ether oxygens (including phenoxy) is 1. The van der Waals surface area contributed by atoms with E-state index < -0.39 is 0 Å². The van der Waals surface area contributed by atoms with Gasteiger partial charge in [0.15, 0.2) is 0 Å². The van der Waals surface area contributed by atoms with Crippen molar-refractivity contribution in [3.63, 3.8) is 0 Å². The molecule has 3 unspecified atom stereocenters. The first-order valence-corrected chi connectivity index (χ1v) is 8.17. The van der Waals surface area contributed by atoms with Gasteiger partial charge < -0.3 is 15.0 Å². The Morgan fingerprint density at radius 2 is 2.24 bits per heavy atom. The molecular formula is C18H27N5O2. The molecule has 25 heavy (non-hydrogen) atoms. The minimum Gasteiger partial charge on any atom is -0.499 e. The Bertz CT molecular complexity index is 635. The lowest BCUT2D eigenvalue weighted by atomic mass is 9.95. The van der Waals surface area contributed by atoms with Crippen molar-refractivity contribution in [3.05, 3.63) is 48.9 Å². The van der Waals surface area contributed by atoms with Gasteiger partial charge in [0.2, 0.25) is 0 Å². The van der Waals surface area contributed by atoms with Crippen molar-refractivity contribution in [3.8, 4) is 0 Å². The smallest absolute Gasteiger partial charge is 0.320 e. The number of hydrogen-bond donors (Lipinski definition) is 2. The summed E-state index contributed by atoms with van der Waals surface area (Å²) in [6.45, 7) is 8.01. The summed E-state index contributed by atoms with van der Waals surface area (Å²) >= 11 is 0. The highest BCUT2D eigenvalue weighted by molar-refractivity contribution is 6.01. The molecule has 7 heteroatoms. The summed E-state index contributed by atoms with van der Waals surface area (Å²) in [6.07, 6.45) is 8.24. The van der Waals surface area contributed by atoms with Crippen molar-refractivity contribution >= 4 is 11.9 Å². The quantitative estimate of drug-likeness (QED) is 0.744. The largest absolute Gasteiger partial charge is 0.499 e. The molecule has 0 saturated heterocycles. The Kier molecular flexibility index (Phi) is 5.90. The maximum atomic E-state index is 12.5. The molecule has 2 N–H and O–H groups in total. The molecule has 0 saturated carbocycles. The third kappa shape index (κ3) is 4.04. The fraction of sp³-hybridized carbons (Fsp3) is 0.444. The van der Waals surface area contributed by atoms with Gasteiger partial charge in [-0.05, 0) is 12.5 Å². The highest BCUT2D eigenvalue weighted by Crippen LogP contribution is 2.27. The number of carbonyl (C=O) groups is 1. The zero-order valence-electron chi connectivity index (χ0n) is 15.3. The zero-order valence-corrected chi connectivity index (χ0v) is 15.3. The summed E-state index contributed by atoms with van der Waals surface area (Å²) in [4.78, 5) is 14.4. The van der Waals surface area contributed by atoms with Crippen LogP contribution in [0.25, 0.3) is 0 Å². The van der Waals surface area contributed by atoms with Crippen molar-refractivity contribution in [1.82, 2.24) is 20.5 Å². The average molecular weight is 345 g/mol. The van der Waals surface area contributed by atoms with Crippen LogP contribution in [0.4, 0.5) is 4.79 Å². The standard InChI is InChI=1S/C18H27N5O2/c1-7-14-16(12(2)22(3)4)17(21-23(14)5)20-18(24)19-13-10-8-9-11-15(13)25-6/h7-9,11,13-14,16H,1-2,10H2,3-6H3,(H2,19,20,21,24). The van der Waals surface area contributed by atoms with Crippen LogP contribution in [-0.4, -0.2) is 62.1 Å². The number of allylic oxidation sites excluding steroid dienone is 2. The van der Waals surface area contributed by atoms with E-state index in [1.807, 2.05) is 50.3 Å². The minimum absolute atomic E-state index is 0.0581. The number of hydrazone groups is 1. The first-order valence-electron chi connectivity index (χ1n) is 8.17. The summed E-state index contributed by atoms with van der Waals surface area (Å²) in [5, 5.41) is 12.0. The second-order valence-corrected chi connectivity index (χ2v) is 6.24. The van der Waals surface area contributed by atoms with E-state index in [1.54, 1.807) is 12.1 Å². The highest BCUT2D eigenvalue weighted by atomic mass is 16.5. The fourth-order valence-corrected chi connectivity index (χ4v) is 2.96. The molecule has 1 heterocycles. The molecular weight excluding hydrogens is 318 g/mol. The molecule has 7 nitrogen and oxygen atoms in total. The molecule has 0 fully saturated rings. The predicted octanol–water partition coefficient (Wildman–Crippen LogP) is 1.65. The van der Waals surface area contributed by atoms with E-state index in [0.717, 1.165) is 11.5 Å². The van der Waals surface area contributed by atoms with Crippen LogP contribution >= 0.6 is 0 Å². The predicted molar refractivity (Wildman–Crippen MR) is 99.8 cm³/mol. The summed E-state index contributed by atoms with van der Waals surface area (Å²) in [6, 6.07) is -0.575. The van der Waals surface area contributed by atoms with Crippen LogP contribution in [0.1, 0.15) is 6.42 Å². The van der Waals surface area contributed by atoms with Gasteiger partial charge in [0.25, 0.3) is 0 Å². The van der Waals surface area contributed by atoms with E-state index in [0.29, 0.717) is 12.3 Å². The van der Waals surface area contributed by atoms with Crippen LogP contribution < -0.4 is 10.6 Å². The van der Waals surface area contributed by atoms with Crippen LogP contribution in [0.2, 0.25) is 0 Å². The van der Waals surface area contributed by atoms with Crippen LogP contribution in [-0.2, 0) is 4.74 Å². The number of amides is 2. The lowest BCUT2D eigenvalue weighted by molar-refractivity contribution is 0.226. The van der Waals surface area contributed by atoms with Crippen molar-refractivity contribution in [2.75, 3.05) is 28.3 Å². The fourth-order valence-electron chi connectivity index (χ4n) is 2.96. The van der Waals surface area contributed by atoms with Crippen molar-refractivity contribution in [2.24, 2.45) is 11.0 Å². The maximum absolute atomic E-state index is 12.5. The molecule has 1 aliphatic heterocycles. The molecule has 2 rings (SSSR count). The van der Waals surface area contributed by atoms with E-state index in [9.17, 15) is 4.79 Å². The Morgan fingerprint density at radius 1 is 1.52 bits per heavy atom. The van der Waals surface area contributed by atoms with E-state index in [4.69, 9.17) is 4.74 Å². The molecule has 0 aromatic rings. The first-order chi connectivity index (χ1) is 11.9. The second kappa shape index (κ2) is 7.92. The van der Waals surface area contributed by atoms with E-state index >= 15 is 0 Å². The third-order valence-corrected chi connectivity index (χ3v) is 4.40. The number of rotatable bonds is 5. The summed E-state index contributed by atoms with van der Waals surface area (Å²) < 4.78 is 5.31. The van der Waals surface area contributed by atoms with Gasteiger partial charge in [-0.3, -0.25) is 10.3 Å². The van der Waals surface area contributed by atoms with Crippen LogP contribution in [0.3, 0.4) is 0 Å². The molecule has 0 spiro atoms. The molecule has 3 atom stereocenters. The molecule has 2 aliphatic rings. The summed E-state index contributed by atoms with van der Waals surface area (Å²) in [5.41, 5.74) is 0.853. The molecule has 0 radical (unpaired) electrons. The molecule has 2 amide bonds. The number of hydrogen-bond acceptors (Lipinski definition) is 5. The van der Waals surface area contributed by atoms with Gasteiger partial charge in [0, 0.05) is 26.8 Å². The van der Waals surface area contributed by atoms with Crippen LogP contribution in [0.5, 0.6) is 0 Å². The van der Waals surface area contributed by atoms with Gasteiger partial charge in [0.05, 0.1) is 25.1 Å². The summed E-state index contributed by atoms with van der Waals surface area (Å²) in [7, 11) is 7.29. The average Bonchev–Trinajstić information content (AvgIpc) is 2.89. The Balaban J connectivity index is 2.09. The molecule has 1 aliphatic carbocycles. The molecule has 0 bridgehead atoms. The molecule has 0 aromatic carbocycles. The topological polar surface area (TPSA) is 69.2 Å². The van der Waals surface area contributed by atoms with Gasteiger partial charge in [-0.15, -0.1) is 6.58 Å². The lowest BCUT2D eigenvalue weighted by Crippen LogP contribution is -2.48. The van der Waals surface area contributed by atoms with Gasteiger partial charge in [-0.2, -0.15) is 5.10 Å². The van der Waals surface area contributed by atoms with Crippen molar-refractivity contribution in [1.29, 1.82) is 0 Å². The van der Waals surface area contributed by atoms with Crippen molar-refractivity contribution < 1.29 is 9.53 Å². The number of amidine groups is 1. The zero-order chi connectivity index (χ0) is 18.6. The third-order valence-electron chi connectivity index (χ3n) is 4.40.